The van der Waals surface area contributed by atoms with Crippen molar-refractivity contribution in [3.05, 3.63) is 0 Å². The highest BCUT2D eigenvalue weighted by molar-refractivity contribution is 5.70. The molecular formula is C24H46O11. The maximum Gasteiger partial charge on any atom is 0.331 e. The first kappa shape index (κ1) is 33.7. The second-order valence-electron chi connectivity index (χ2n) is 7.33. The predicted octanol–water partition coefficient (Wildman–Crippen LogP) is 1.79. The molecule has 35 heavy (non-hydrogen) atoms. The van der Waals surface area contributed by atoms with Gasteiger partial charge in [0.1, 0.15) is 13.2 Å². The molecule has 0 spiro atoms. The van der Waals surface area contributed by atoms with E-state index in [-0.39, 0.29) is 19.2 Å². The Hall–Kier alpha value is -1.34. The van der Waals surface area contributed by atoms with E-state index in [0.717, 1.165) is 25.7 Å². The molecule has 0 saturated heterocycles. The lowest BCUT2D eigenvalue weighted by atomic mass is 10.2. The molecule has 0 aromatic carbocycles. The summed E-state index contributed by atoms with van der Waals surface area (Å²) >= 11 is 0. The second-order valence-corrected chi connectivity index (χ2v) is 7.33. The maximum absolute atomic E-state index is 11.5. The van der Waals surface area contributed by atoms with Gasteiger partial charge in [0, 0.05) is 6.42 Å². The molecule has 0 bridgehead atoms. The summed E-state index contributed by atoms with van der Waals surface area (Å²) in [7, 11) is 1.31. The molecule has 0 aromatic rings. The molecule has 11 nitrogen and oxygen atoms in total. The smallest absolute Gasteiger partial charge is 0.331 e. The first-order chi connectivity index (χ1) is 17.2. The second kappa shape index (κ2) is 28.9. The van der Waals surface area contributed by atoms with Gasteiger partial charge in [-0.05, 0) is 6.42 Å². The molecule has 208 valence electrons. The predicted molar refractivity (Wildman–Crippen MR) is 127 cm³/mol. The number of carbonyl (C=O) groups excluding carboxylic acids is 2. The third-order valence-corrected chi connectivity index (χ3v) is 4.40. The van der Waals surface area contributed by atoms with Crippen LogP contribution in [-0.4, -0.2) is 118 Å². The molecule has 11 heteroatoms. The lowest BCUT2D eigenvalue weighted by Gasteiger charge is -2.08. The van der Waals surface area contributed by atoms with Crippen molar-refractivity contribution >= 4 is 11.9 Å². The lowest BCUT2D eigenvalue weighted by molar-refractivity contribution is -0.146. The molecule has 0 rings (SSSR count). The number of esters is 2. The first-order valence-electron chi connectivity index (χ1n) is 12.5. The molecule has 0 unspecified atom stereocenters. The molecular weight excluding hydrogens is 464 g/mol. The maximum atomic E-state index is 11.5. The fourth-order valence-corrected chi connectivity index (χ4v) is 2.52. The third-order valence-electron chi connectivity index (χ3n) is 4.40. The van der Waals surface area contributed by atoms with E-state index in [9.17, 15) is 9.59 Å². The van der Waals surface area contributed by atoms with Crippen LogP contribution in [-0.2, 0) is 52.2 Å². The molecule has 0 radical (unpaired) electrons. The molecule has 0 N–H and O–H groups in total. The largest absolute Gasteiger partial charge is 0.467 e. The number of ether oxygens (including phenoxy) is 9. The Balaban J connectivity index is 3.10. The molecule has 0 saturated carbocycles. The Morgan fingerprint density at radius 1 is 0.486 bits per heavy atom. The highest BCUT2D eigenvalue weighted by Crippen LogP contribution is 2.03. The Morgan fingerprint density at radius 3 is 1.29 bits per heavy atom. The standard InChI is InChI=1S/C24H46O11/c1-3-4-5-6-7-23(25)35-21-20-33-17-16-31-13-12-29-9-8-28-10-11-30-14-15-32-18-19-34-22-24(26)27-2/h3-22H2,1-2H3. The van der Waals surface area contributed by atoms with E-state index in [4.69, 9.17) is 37.9 Å². The van der Waals surface area contributed by atoms with Crippen molar-refractivity contribution in [2.75, 3.05) is 106 Å². The monoisotopic (exact) mass is 510 g/mol. The minimum absolute atomic E-state index is 0.0696. The van der Waals surface area contributed by atoms with Crippen LogP contribution in [0.25, 0.3) is 0 Å². The zero-order valence-electron chi connectivity index (χ0n) is 21.6. The quantitative estimate of drug-likeness (QED) is 0.113. The van der Waals surface area contributed by atoms with E-state index >= 15 is 0 Å². The molecule has 0 atom stereocenters. The average molecular weight is 511 g/mol. The Kier molecular flexibility index (Phi) is 27.8. The van der Waals surface area contributed by atoms with Gasteiger partial charge in [0.2, 0.25) is 0 Å². The van der Waals surface area contributed by atoms with E-state index in [0.29, 0.717) is 92.3 Å². The number of rotatable bonds is 28. The van der Waals surface area contributed by atoms with Crippen LogP contribution < -0.4 is 0 Å². The molecule has 0 aliphatic heterocycles. The van der Waals surface area contributed by atoms with E-state index in [1.807, 2.05) is 0 Å². The van der Waals surface area contributed by atoms with Crippen LogP contribution in [0.3, 0.4) is 0 Å². The van der Waals surface area contributed by atoms with Crippen molar-refractivity contribution in [1.29, 1.82) is 0 Å². The molecule has 0 fully saturated rings. The number of methoxy groups -OCH3 is 1. The highest BCUT2D eigenvalue weighted by atomic mass is 16.6. The third kappa shape index (κ3) is 28.8. The van der Waals surface area contributed by atoms with Gasteiger partial charge in [-0.3, -0.25) is 4.79 Å². The van der Waals surface area contributed by atoms with Gasteiger partial charge in [-0.25, -0.2) is 4.79 Å². The zero-order valence-corrected chi connectivity index (χ0v) is 21.6. The summed E-state index contributed by atoms with van der Waals surface area (Å²) in [6, 6.07) is 0. The molecule has 0 aromatic heterocycles. The summed E-state index contributed by atoms with van der Waals surface area (Å²) in [5.74, 6) is -0.564. The van der Waals surface area contributed by atoms with Gasteiger partial charge in [0.25, 0.3) is 0 Å². The van der Waals surface area contributed by atoms with Gasteiger partial charge in [-0.2, -0.15) is 0 Å². The minimum atomic E-state index is -0.408. The average Bonchev–Trinajstić information content (AvgIpc) is 2.86. The molecule has 0 amide bonds. The van der Waals surface area contributed by atoms with Crippen molar-refractivity contribution in [2.24, 2.45) is 0 Å². The van der Waals surface area contributed by atoms with E-state index in [2.05, 4.69) is 11.7 Å². The summed E-state index contributed by atoms with van der Waals surface area (Å²) < 4.78 is 46.9. The Labute approximate surface area is 209 Å². The van der Waals surface area contributed by atoms with Crippen molar-refractivity contribution in [2.45, 2.75) is 39.0 Å². The van der Waals surface area contributed by atoms with Crippen LogP contribution in [0.15, 0.2) is 0 Å². The van der Waals surface area contributed by atoms with Crippen LogP contribution in [0.1, 0.15) is 39.0 Å². The lowest BCUT2D eigenvalue weighted by Crippen LogP contribution is -2.16. The van der Waals surface area contributed by atoms with Gasteiger partial charge < -0.3 is 42.6 Å². The van der Waals surface area contributed by atoms with Crippen LogP contribution in [0.4, 0.5) is 0 Å². The molecule has 0 aliphatic rings. The normalized spacial score (nSPS) is 11.0. The number of carbonyl (C=O) groups is 2. The SMILES string of the molecule is CCCCCCC(=O)OCCOCCOCCOCCOCCOCCOCCOCC(=O)OC. The van der Waals surface area contributed by atoms with Gasteiger partial charge in [0.15, 0.2) is 0 Å². The Bertz CT molecular complexity index is 463. The fourth-order valence-electron chi connectivity index (χ4n) is 2.52. The zero-order chi connectivity index (χ0) is 25.7. The van der Waals surface area contributed by atoms with Crippen LogP contribution in [0.5, 0.6) is 0 Å². The van der Waals surface area contributed by atoms with Gasteiger partial charge in [-0.15, -0.1) is 0 Å². The summed E-state index contributed by atoms with van der Waals surface area (Å²) in [5.41, 5.74) is 0. The topological polar surface area (TPSA) is 117 Å². The number of unbranched alkanes of at least 4 members (excludes halogenated alkanes) is 3. The summed E-state index contributed by atoms with van der Waals surface area (Å²) in [6.45, 7) is 8.15. The summed E-state index contributed by atoms with van der Waals surface area (Å²) in [4.78, 5) is 22.3. The van der Waals surface area contributed by atoms with Gasteiger partial charge >= 0.3 is 11.9 Å². The summed E-state index contributed by atoms with van der Waals surface area (Å²) in [5, 5.41) is 0. The first-order valence-corrected chi connectivity index (χ1v) is 12.5. The highest BCUT2D eigenvalue weighted by Gasteiger charge is 2.02. The van der Waals surface area contributed by atoms with Crippen LogP contribution in [0.2, 0.25) is 0 Å². The van der Waals surface area contributed by atoms with E-state index < -0.39 is 5.97 Å². The fraction of sp³-hybridized carbons (Fsp3) is 0.917. The molecule has 0 aliphatic carbocycles. The van der Waals surface area contributed by atoms with Crippen molar-refractivity contribution < 1.29 is 52.2 Å². The van der Waals surface area contributed by atoms with Crippen LogP contribution in [0, 0.1) is 0 Å². The van der Waals surface area contributed by atoms with Crippen molar-refractivity contribution in [3.63, 3.8) is 0 Å². The Morgan fingerprint density at radius 2 is 0.886 bits per heavy atom. The number of hydrogen-bond acceptors (Lipinski definition) is 11. The van der Waals surface area contributed by atoms with Crippen LogP contribution >= 0.6 is 0 Å². The molecule has 0 heterocycles. The van der Waals surface area contributed by atoms with E-state index in [1.54, 1.807) is 0 Å². The van der Waals surface area contributed by atoms with E-state index in [1.165, 1.54) is 7.11 Å². The van der Waals surface area contributed by atoms with Gasteiger partial charge in [0.05, 0.1) is 93.0 Å². The number of hydrogen-bond donors (Lipinski definition) is 0. The van der Waals surface area contributed by atoms with Crippen molar-refractivity contribution in [3.8, 4) is 0 Å². The van der Waals surface area contributed by atoms with Gasteiger partial charge in [-0.1, -0.05) is 26.2 Å². The summed E-state index contributed by atoms with van der Waals surface area (Å²) in [6.07, 6.45) is 4.75. The van der Waals surface area contributed by atoms with Crippen molar-refractivity contribution in [1.82, 2.24) is 0 Å². The minimum Gasteiger partial charge on any atom is -0.467 e.